The van der Waals surface area contributed by atoms with Gasteiger partial charge in [-0.25, -0.2) is 4.79 Å². The van der Waals surface area contributed by atoms with Crippen LogP contribution < -0.4 is 0 Å². The maximum atomic E-state index is 12.2. The topological polar surface area (TPSA) is 57.6 Å². The molecule has 4 nitrogen and oxygen atoms in total. The minimum Gasteiger partial charge on any atom is -0.480 e. The smallest absolute Gasteiger partial charge is 0.326 e. The summed E-state index contributed by atoms with van der Waals surface area (Å²) in [5.74, 6) is -0.0812. The number of thiol groups is 1. The summed E-state index contributed by atoms with van der Waals surface area (Å²) in [6.45, 7) is 2.64. The third-order valence-electron chi connectivity index (χ3n) is 4.50. The summed E-state index contributed by atoms with van der Waals surface area (Å²) < 4.78 is 0. The minimum atomic E-state index is -0.905. The van der Waals surface area contributed by atoms with Gasteiger partial charge in [-0.15, -0.1) is 0 Å². The Labute approximate surface area is 136 Å². The number of benzene rings is 1. The highest BCUT2D eigenvalue weighted by Gasteiger charge is 2.41. The van der Waals surface area contributed by atoms with E-state index in [0.717, 1.165) is 6.42 Å². The molecule has 0 spiro atoms. The Morgan fingerprint density at radius 3 is 2.59 bits per heavy atom. The van der Waals surface area contributed by atoms with E-state index in [1.165, 1.54) is 10.5 Å². The van der Waals surface area contributed by atoms with Crippen molar-refractivity contribution in [3.8, 4) is 0 Å². The number of carbonyl (C=O) groups is 2. The first-order valence-electron chi connectivity index (χ1n) is 7.76. The Balaban J connectivity index is 2.18. The molecule has 0 aliphatic carbocycles. The summed E-state index contributed by atoms with van der Waals surface area (Å²) in [5.41, 5.74) is 1.22. The van der Waals surface area contributed by atoms with Crippen LogP contribution in [0, 0.1) is 5.92 Å². The molecular weight excluding hydrogens is 298 g/mol. The van der Waals surface area contributed by atoms with Crippen LogP contribution in [0.5, 0.6) is 0 Å². The van der Waals surface area contributed by atoms with Crippen molar-refractivity contribution in [1.82, 2.24) is 4.90 Å². The van der Waals surface area contributed by atoms with E-state index < -0.39 is 12.0 Å². The van der Waals surface area contributed by atoms with E-state index in [0.29, 0.717) is 25.1 Å². The van der Waals surface area contributed by atoms with Crippen LogP contribution in [0.4, 0.5) is 0 Å². The van der Waals surface area contributed by atoms with Crippen LogP contribution in [-0.4, -0.2) is 40.2 Å². The molecule has 1 aliphatic rings. The second kappa shape index (κ2) is 7.68. The first kappa shape index (κ1) is 16.9. The van der Waals surface area contributed by atoms with Crippen LogP contribution in [-0.2, 0) is 9.59 Å². The average molecular weight is 321 g/mol. The molecule has 1 saturated heterocycles. The summed E-state index contributed by atoms with van der Waals surface area (Å²) in [6, 6.07) is 9.46. The second-order valence-corrected chi connectivity index (χ2v) is 6.24. The monoisotopic (exact) mass is 321 g/mol. The van der Waals surface area contributed by atoms with Gasteiger partial charge in [0.15, 0.2) is 0 Å². The molecule has 0 radical (unpaired) electrons. The lowest BCUT2D eigenvalue weighted by Crippen LogP contribution is -2.40. The molecular formula is C17H23NO3S. The first-order chi connectivity index (χ1) is 10.6. The number of carbonyl (C=O) groups excluding carboxylic acids is 1. The lowest BCUT2D eigenvalue weighted by Gasteiger charge is -2.23. The van der Waals surface area contributed by atoms with Crippen molar-refractivity contribution in [3.05, 3.63) is 35.9 Å². The van der Waals surface area contributed by atoms with Crippen LogP contribution >= 0.6 is 12.6 Å². The fraction of sp³-hybridized carbons (Fsp3) is 0.529. The highest BCUT2D eigenvalue weighted by atomic mass is 32.1. The van der Waals surface area contributed by atoms with E-state index in [9.17, 15) is 14.7 Å². The van der Waals surface area contributed by atoms with Gasteiger partial charge < -0.3 is 10.0 Å². The number of hydrogen-bond donors (Lipinski definition) is 2. The van der Waals surface area contributed by atoms with Gasteiger partial charge in [-0.3, -0.25) is 4.79 Å². The fourth-order valence-corrected chi connectivity index (χ4v) is 3.64. The van der Waals surface area contributed by atoms with Crippen LogP contribution in [0.2, 0.25) is 0 Å². The third-order valence-corrected chi connectivity index (χ3v) is 4.72. The van der Waals surface area contributed by atoms with Gasteiger partial charge in [0.25, 0.3) is 0 Å². The fourth-order valence-electron chi connectivity index (χ4n) is 3.45. The molecule has 0 saturated carbocycles. The molecule has 1 aliphatic heterocycles. The zero-order chi connectivity index (χ0) is 16.1. The van der Waals surface area contributed by atoms with Crippen LogP contribution in [0.1, 0.15) is 37.7 Å². The number of nitrogens with zero attached hydrogens (tertiary/aromatic N) is 1. The van der Waals surface area contributed by atoms with E-state index in [-0.39, 0.29) is 17.7 Å². The molecule has 1 heterocycles. The molecule has 1 aromatic carbocycles. The van der Waals surface area contributed by atoms with E-state index in [2.05, 4.69) is 31.7 Å². The van der Waals surface area contributed by atoms with Crippen molar-refractivity contribution in [1.29, 1.82) is 0 Å². The Morgan fingerprint density at radius 2 is 2.05 bits per heavy atom. The maximum absolute atomic E-state index is 12.2. The molecule has 0 bridgehead atoms. The van der Waals surface area contributed by atoms with Gasteiger partial charge in [0, 0.05) is 13.0 Å². The van der Waals surface area contributed by atoms with E-state index >= 15 is 0 Å². The number of amides is 1. The number of hydrogen-bond acceptors (Lipinski definition) is 3. The Morgan fingerprint density at radius 1 is 1.36 bits per heavy atom. The normalized spacial score (nSPS) is 22.5. The Hall–Kier alpha value is -1.49. The summed E-state index contributed by atoms with van der Waals surface area (Å²) in [6.07, 6.45) is 1.76. The van der Waals surface area contributed by atoms with Gasteiger partial charge in [-0.2, -0.15) is 12.6 Å². The molecule has 5 heteroatoms. The molecule has 120 valence electrons. The Kier molecular flexibility index (Phi) is 5.89. The van der Waals surface area contributed by atoms with Crippen LogP contribution in [0.3, 0.4) is 0 Å². The molecule has 1 fully saturated rings. The number of aliphatic carboxylic acids is 1. The second-order valence-electron chi connectivity index (χ2n) is 5.79. The highest BCUT2D eigenvalue weighted by molar-refractivity contribution is 7.80. The molecule has 0 aromatic heterocycles. The maximum Gasteiger partial charge on any atom is 0.326 e. The van der Waals surface area contributed by atoms with E-state index in [4.69, 9.17) is 0 Å². The van der Waals surface area contributed by atoms with E-state index in [1.807, 2.05) is 18.2 Å². The van der Waals surface area contributed by atoms with Crippen molar-refractivity contribution in [2.24, 2.45) is 5.92 Å². The summed E-state index contributed by atoms with van der Waals surface area (Å²) in [5, 5.41) is 9.43. The van der Waals surface area contributed by atoms with Crippen LogP contribution in [0.15, 0.2) is 30.3 Å². The average Bonchev–Trinajstić information content (AvgIpc) is 2.95. The zero-order valence-electron chi connectivity index (χ0n) is 12.8. The number of likely N-dealkylation sites (tertiary alicyclic amines) is 1. The molecule has 1 unspecified atom stereocenters. The van der Waals surface area contributed by atoms with Crippen molar-refractivity contribution in [2.75, 3.05) is 12.3 Å². The molecule has 1 aromatic rings. The van der Waals surface area contributed by atoms with Gasteiger partial charge in [-0.05, 0) is 36.0 Å². The SMILES string of the molecule is CCC(c1ccccc1)[C@@H]1C[C@@H](C(=O)O)N(C(=O)CCS)C1. The first-order valence-corrected chi connectivity index (χ1v) is 8.39. The Bertz CT molecular complexity index is 520. The highest BCUT2D eigenvalue weighted by Crippen LogP contribution is 2.37. The summed E-state index contributed by atoms with van der Waals surface area (Å²) in [7, 11) is 0. The number of carboxylic acids is 1. The largest absolute Gasteiger partial charge is 0.480 e. The minimum absolute atomic E-state index is 0.104. The predicted molar refractivity (Wildman–Crippen MR) is 89.2 cm³/mol. The molecule has 22 heavy (non-hydrogen) atoms. The van der Waals surface area contributed by atoms with E-state index in [1.54, 1.807) is 0 Å². The number of rotatable bonds is 6. The molecule has 2 rings (SSSR count). The van der Waals surface area contributed by atoms with Crippen molar-refractivity contribution < 1.29 is 14.7 Å². The molecule has 1 amide bonds. The standard InChI is InChI=1S/C17H23NO3S/c1-2-14(12-6-4-3-5-7-12)13-10-15(17(20)21)18(11-13)16(19)8-9-22/h3-7,13-15,22H,2,8-11H2,1H3,(H,20,21)/t13-,14?,15+/m1/s1. The summed E-state index contributed by atoms with van der Waals surface area (Å²) in [4.78, 5) is 25.2. The van der Waals surface area contributed by atoms with Gasteiger partial charge in [0.2, 0.25) is 5.91 Å². The zero-order valence-corrected chi connectivity index (χ0v) is 13.7. The van der Waals surface area contributed by atoms with Crippen molar-refractivity contribution >= 4 is 24.5 Å². The molecule has 3 atom stereocenters. The number of carboxylic acid groups (broad SMARTS) is 1. The quantitative estimate of drug-likeness (QED) is 0.792. The lowest BCUT2D eigenvalue weighted by molar-refractivity contribution is -0.148. The predicted octanol–water partition coefficient (Wildman–Crippen LogP) is 2.80. The van der Waals surface area contributed by atoms with Gasteiger partial charge in [0.1, 0.15) is 6.04 Å². The molecule has 1 N–H and O–H groups in total. The lowest BCUT2D eigenvalue weighted by atomic mass is 9.83. The van der Waals surface area contributed by atoms with Crippen molar-refractivity contribution in [3.63, 3.8) is 0 Å². The van der Waals surface area contributed by atoms with Crippen molar-refractivity contribution in [2.45, 2.75) is 38.1 Å². The summed E-state index contributed by atoms with van der Waals surface area (Å²) >= 11 is 4.08. The van der Waals surface area contributed by atoms with Crippen LogP contribution in [0.25, 0.3) is 0 Å². The van der Waals surface area contributed by atoms with Gasteiger partial charge in [-0.1, -0.05) is 37.3 Å². The third kappa shape index (κ3) is 3.64. The van der Waals surface area contributed by atoms with Gasteiger partial charge in [0.05, 0.1) is 0 Å². The van der Waals surface area contributed by atoms with Gasteiger partial charge >= 0.3 is 5.97 Å².